The van der Waals surface area contributed by atoms with Crippen molar-refractivity contribution in [2.24, 2.45) is 7.05 Å². The van der Waals surface area contributed by atoms with E-state index in [1.165, 1.54) is 0 Å². The van der Waals surface area contributed by atoms with Crippen molar-refractivity contribution >= 4 is 15.9 Å². The van der Waals surface area contributed by atoms with E-state index in [0.29, 0.717) is 5.92 Å². The van der Waals surface area contributed by atoms with Crippen LogP contribution in [0.2, 0.25) is 0 Å². The fourth-order valence-electron chi connectivity index (χ4n) is 1.51. The minimum atomic E-state index is 0.478. The van der Waals surface area contributed by atoms with Gasteiger partial charge in [0, 0.05) is 26.2 Å². The monoisotopic (exact) mass is 245 g/mol. The third kappa shape index (κ3) is 1.91. The summed E-state index contributed by atoms with van der Waals surface area (Å²) in [6.07, 6.45) is 2.08. The summed E-state index contributed by atoms with van der Waals surface area (Å²) in [5.41, 5.74) is 0. The smallest absolute Gasteiger partial charge is 0.195 e. The highest BCUT2D eigenvalue weighted by Crippen LogP contribution is 2.24. The van der Waals surface area contributed by atoms with Crippen LogP contribution in [0, 0.1) is 0 Å². The zero-order chi connectivity index (χ0) is 9.26. The molecule has 0 unspecified atom stereocenters. The molecule has 4 nitrogen and oxygen atoms in total. The molecule has 2 rings (SSSR count). The molecule has 0 aliphatic carbocycles. The number of ether oxygens (including phenoxy) is 1. The lowest BCUT2D eigenvalue weighted by Gasteiger charge is -2.18. The van der Waals surface area contributed by atoms with Gasteiger partial charge in [0.2, 0.25) is 0 Å². The van der Waals surface area contributed by atoms with Gasteiger partial charge in [-0.25, -0.2) is 9.67 Å². The summed E-state index contributed by atoms with van der Waals surface area (Å²) in [7, 11) is 1.89. The zero-order valence-corrected chi connectivity index (χ0v) is 9.12. The van der Waals surface area contributed by atoms with Crippen molar-refractivity contribution in [2.75, 3.05) is 13.2 Å². The van der Waals surface area contributed by atoms with Gasteiger partial charge < -0.3 is 4.74 Å². The van der Waals surface area contributed by atoms with Crippen LogP contribution >= 0.6 is 15.9 Å². The lowest BCUT2D eigenvalue weighted by molar-refractivity contribution is 0.0835. The van der Waals surface area contributed by atoms with Gasteiger partial charge in [0.05, 0.1) is 0 Å². The second-order valence-corrected chi connectivity index (χ2v) is 3.96. The Labute approximate surface area is 85.4 Å². The molecule has 0 aromatic carbocycles. The van der Waals surface area contributed by atoms with Crippen molar-refractivity contribution in [2.45, 2.75) is 18.8 Å². The Morgan fingerprint density at radius 3 is 2.69 bits per heavy atom. The topological polar surface area (TPSA) is 39.9 Å². The van der Waals surface area contributed by atoms with Crippen LogP contribution < -0.4 is 0 Å². The molecule has 1 aromatic heterocycles. The lowest BCUT2D eigenvalue weighted by atomic mass is 10.00. The molecule has 1 saturated heterocycles. The molecule has 2 heterocycles. The Hall–Kier alpha value is -0.420. The summed E-state index contributed by atoms with van der Waals surface area (Å²) >= 11 is 3.34. The molecule has 1 fully saturated rings. The molecule has 0 amide bonds. The minimum absolute atomic E-state index is 0.478. The van der Waals surface area contributed by atoms with E-state index in [2.05, 4.69) is 26.0 Å². The zero-order valence-electron chi connectivity index (χ0n) is 7.53. The van der Waals surface area contributed by atoms with E-state index in [0.717, 1.165) is 36.6 Å². The van der Waals surface area contributed by atoms with Crippen LogP contribution in [0.3, 0.4) is 0 Å². The number of aryl methyl sites for hydroxylation is 1. The summed E-state index contributed by atoms with van der Waals surface area (Å²) in [5.74, 6) is 1.42. The Bertz CT molecular complexity index is 274. The molecule has 0 saturated carbocycles. The highest BCUT2D eigenvalue weighted by molar-refractivity contribution is 9.10. The third-order valence-corrected chi connectivity index (χ3v) is 3.00. The summed E-state index contributed by atoms with van der Waals surface area (Å²) < 4.78 is 7.84. The number of nitrogens with zero attached hydrogens (tertiary/aromatic N) is 3. The largest absolute Gasteiger partial charge is 0.381 e. The first-order chi connectivity index (χ1) is 6.27. The highest BCUT2D eigenvalue weighted by atomic mass is 79.9. The number of rotatable bonds is 1. The van der Waals surface area contributed by atoms with Gasteiger partial charge in [-0.1, -0.05) is 0 Å². The van der Waals surface area contributed by atoms with Crippen LogP contribution in [-0.2, 0) is 11.8 Å². The molecule has 13 heavy (non-hydrogen) atoms. The highest BCUT2D eigenvalue weighted by Gasteiger charge is 2.20. The second-order valence-electron chi connectivity index (χ2n) is 3.25. The maximum absolute atomic E-state index is 5.28. The van der Waals surface area contributed by atoms with E-state index in [4.69, 9.17) is 4.74 Å². The van der Waals surface area contributed by atoms with E-state index >= 15 is 0 Å². The average Bonchev–Trinajstić information content (AvgIpc) is 2.49. The molecular weight excluding hydrogens is 234 g/mol. The SMILES string of the molecule is Cn1nc(C2CCOCC2)nc1Br. The van der Waals surface area contributed by atoms with Gasteiger partial charge in [0.15, 0.2) is 10.6 Å². The Balaban J connectivity index is 2.14. The quantitative estimate of drug-likeness (QED) is 0.753. The fourth-order valence-corrected chi connectivity index (χ4v) is 1.77. The summed E-state index contributed by atoms with van der Waals surface area (Å²) in [6, 6.07) is 0. The van der Waals surface area contributed by atoms with Crippen molar-refractivity contribution in [3.63, 3.8) is 0 Å². The van der Waals surface area contributed by atoms with E-state index in [1.807, 2.05) is 7.05 Å². The van der Waals surface area contributed by atoms with Gasteiger partial charge in [0.1, 0.15) is 0 Å². The van der Waals surface area contributed by atoms with Crippen molar-refractivity contribution in [3.05, 3.63) is 10.6 Å². The Morgan fingerprint density at radius 1 is 1.46 bits per heavy atom. The van der Waals surface area contributed by atoms with Crippen LogP contribution in [0.1, 0.15) is 24.6 Å². The van der Waals surface area contributed by atoms with Crippen LogP contribution in [0.5, 0.6) is 0 Å². The first-order valence-electron chi connectivity index (χ1n) is 4.41. The first kappa shape index (κ1) is 9.15. The van der Waals surface area contributed by atoms with E-state index < -0.39 is 0 Å². The maximum Gasteiger partial charge on any atom is 0.195 e. The van der Waals surface area contributed by atoms with E-state index in [-0.39, 0.29) is 0 Å². The normalized spacial score (nSPS) is 19.2. The maximum atomic E-state index is 5.28. The molecule has 0 bridgehead atoms. The molecule has 1 aliphatic rings. The molecule has 1 aromatic rings. The summed E-state index contributed by atoms with van der Waals surface area (Å²) in [4.78, 5) is 4.35. The minimum Gasteiger partial charge on any atom is -0.381 e. The van der Waals surface area contributed by atoms with Gasteiger partial charge in [-0.3, -0.25) is 0 Å². The summed E-state index contributed by atoms with van der Waals surface area (Å²) in [5, 5.41) is 4.34. The van der Waals surface area contributed by atoms with Crippen molar-refractivity contribution in [1.29, 1.82) is 0 Å². The fraction of sp³-hybridized carbons (Fsp3) is 0.750. The van der Waals surface area contributed by atoms with Crippen LogP contribution in [-0.4, -0.2) is 28.0 Å². The van der Waals surface area contributed by atoms with E-state index in [9.17, 15) is 0 Å². The predicted molar refractivity (Wildman–Crippen MR) is 51.5 cm³/mol. The van der Waals surface area contributed by atoms with Crippen LogP contribution in [0.25, 0.3) is 0 Å². The van der Waals surface area contributed by atoms with Gasteiger partial charge in [0.25, 0.3) is 0 Å². The molecule has 1 aliphatic heterocycles. The Kier molecular flexibility index (Phi) is 2.64. The molecule has 5 heteroatoms. The number of aromatic nitrogens is 3. The van der Waals surface area contributed by atoms with Gasteiger partial charge >= 0.3 is 0 Å². The first-order valence-corrected chi connectivity index (χ1v) is 5.21. The third-order valence-electron chi connectivity index (χ3n) is 2.31. The van der Waals surface area contributed by atoms with Gasteiger partial charge in [-0.2, -0.15) is 5.10 Å². The standard InChI is InChI=1S/C8H12BrN3O/c1-12-8(9)10-7(11-12)6-2-4-13-5-3-6/h6H,2-5H2,1H3. The van der Waals surface area contributed by atoms with Crippen molar-refractivity contribution < 1.29 is 4.74 Å². The Morgan fingerprint density at radius 2 is 2.15 bits per heavy atom. The molecule has 0 N–H and O–H groups in total. The molecule has 0 spiro atoms. The number of hydrogen-bond acceptors (Lipinski definition) is 3. The van der Waals surface area contributed by atoms with E-state index in [1.54, 1.807) is 4.68 Å². The lowest BCUT2D eigenvalue weighted by Crippen LogP contribution is -2.15. The number of halogens is 1. The number of hydrogen-bond donors (Lipinski definition) is 0. The van der Waals surface area contributed by atoms with Crippen molar-refractivity contribution in [1.82, 2.24) is 14.8 Å². The molecule has 72 valence electrons. The molecule has 0 radical (unpaired) electrons. The summed E-state index contributed by atoms with van der Waals surface area (Å²) in [6.45, 7) is 1.67. The van der Waals surface area contributed by atoms with Gasteiger partial charge in [-0.05, 0) is 28.8 Å². The van der Waals surface area contributed by atoms with Gasteiger partial charge in [-0.15, -0.1) is 0 Å². The average molecular weight is 246 g/mol. The second kappa shape index (κ2) is 3.75. The molecule has 0 atom stereocenters. The van der Waals surface area contributed by atoms with Crippen LogP contribution in [0.15, 0.2) is 4.73 Å². The van der Waals surface area contributed by atoms with Crippen LogP contribution in [0.4, 0.5) is 0 Å². The van der Waals surface area contributed by atoms with Crippen molar-refractivity contribution in [3.8, 4) is 0 Å². The molecular formula is C8H12BrN3O. The predicted octanol–water partition coefficient (Wildman–Crippen LogP) is 1.47.